The molecule has 0 radical (unpaired) electrons. The average Bonchev–Trinajstić information content (AvgIpc) is 2.96. The van der Waals surface area contributed by atoms with Gasteiger partial charge in [-0.3, -0.25) is 4.79 Å². The Bertz CT molecular complexity index is 428. The number of hydrogen-bond donors (Lipinski definition) is 1. The minimum Gasteiger partial charge on any atom is -0.388 e. The van der Waals surface area contributed by atoms with E-state index in [0.717, 1.165) is 6.26 Å². The van der Waals surface area contributed by atoms with Crippen LogP contribution in [0, 0.1) is 0 Å². The van der Waals surface area contributed by atoms with Crippen LogP contribution in [-0.2, 0) is 19.4 Å². The first kappa shape index (κ1) is 12.8. The number of β-amino-alcohol motifs (C(OH)–C–C–N with tert-alkyl or cyclic N) is 1. The van der Waals surface area contributed by atoms with Crippen LogP contribution in [0.15, 0.2) is 0 Å². The van der Waals surface area contributed by atoms with E-state index in [9.17, 15) is 18.3 Å². The number of carbonyl (C=O) groups excluding carboxylic acids is 1. The van der Waals surface area contributed by atoms with Gasteiger partial charge in [-0.2, -0.15) is 0 Å². The summed E-state index contributed by atoms with van der Waals surface area (Å²) in [7, 11) is -1.92. The number of sulfone groups is 1. The highest BCUT2D eigenvalue weighted by Crippen LogP contribution is 2.45. The maximum absolute atomic E-state index is 12.2. The molecule has 0 unspecified atom stereocenters. The summed E-state index contributed by atoms with van der Waals surface area (Å²) in [5.41, 5.74) is 0. The van der Waals surface area contributed by atoms with Gasteiger partial charge in [0.15, 0.2) is 14.6 Å². The fourth-order valence-corrected chi connectivity index (χ4v) is 3.59. The average molecular weight is 263 g/mol. The number of aliphatic hydroxyl groups excluding tert-OH is 1. The van der Waals surface area contributed by atoms with E-state index in [-0.39, 0.29) is 13.1 Å². The fraction of sp³-hybridized carbons (Fsp3) is 0.900. The van der Waals surface area contributed by atoms with Crippen molar-refractivity contribution in [2.24, 2.45) is 0 Å². The molecule has 0 bridgehead atoms. The van der Waals surface area contributed by atoms with E-state index in [2.05, 4.69) is 0 Å². The van der Waals surface area contributed by atoms with E-state index in [0.29, 0.717) is 12.8 Å². The van der Waals surface area contributed by atoms with E-state index >= 15 is 0 Å². The standard InChI is InChI=1S/C10H17NO5S/c1-16-8-6-11(5-7(8)12)9(13)10(3-4-10)17(2,14)15/h7-8,12H,3-6H2,1-2H3/t7-,8-/m1/s1. The lowest BCUT2D eigenvalue weighted by Crippen LogP contribution is -2.44. The van der Waals surface area contributed by atoms with Crippen LogP contribution < -0.4 is 0 Å². The Morgan fingerprint density at radius 3 is 2.35 bits per heavy atom. The van der Waals surface area contributed by atoms with Crippen molar-refractivity contribution in [2.75, 3.05) is 26.5 Å². The van der Waals surface area contributed by atoms with Gasteiger partial charge in [0, 0.05) is 26.5 Å². The Labute approximate surface area is 100 Å². The number of carbonyl (C=O) groups is 1. The highest BCUT2D eigenvalue weighted by Gasteiger charge is 2.61. The van der Waals surface area contributed by atoms with Crippen molar-refractivity contribution >= 4 is 15.7 Å². The third-order valence-electron chi connectivity index (χ3n) is 3.63. The molecule has 1 N–H and O–H groups in total. The van der Waals surface area contributed by atoms with Gasteiger partial charge in [-0.05, 0) is 12.8 Å². The summed E-state index contributed by atoms with van der Waals surface area (Å²) >= 11 is 0. The number of hydrogen-bond acceptors (Lipinski definition) is 5. The first-order valence-electron chi connectivity index (χ1n) is 5.51. The summed E-state index contributed by atoms with van der Waals surface area (Å²) in [5, 5.41) is 9.63. The molecule has 0 aromatic rings. The topological polar surface area (TPSA) is 83.9 Å². The van der Waals surface area contributed by atoms with E-state index in [4.69, 9.17) is 4.74 Å². The minimum absolute atomic E-state index is 0.147. The number of amides is 1. The fourth-order valence-electron chi connectivity index (χ4n) is 2.30. The van der Waals surface area contributed by atoms with Crippen molar-refractivity contribution in [3.05, 3.63) is 0 Å². The minimum atomic E-state index is -3.38. The summed E-state index contributed by atoms with van der Waals surface area (Å²) in [6.07, 6.45) is 0.704. The van der Waals surface area contributed by atoms with Crippen LogP contribution in [0.1, 0.15) is 12.8 Å². The maximum Gasteiger partial charge on any atom is 0.244 e. The van der Waals surface area contributed by atoms with Crippen molar-refractivity contribution in [2.45, 2.75) is 29.8 Å². The first-order valence-corrected chi connectivity index (χ1v) is 7.41. The van der Waals surface area contributed by atoms with Crippen LogP contribution in [-0.4, -0.2) is 67.7 Å². The van der Waals surface area contributed by atoms with Crippen molar-refractivity contribution in [1.82, 2.24) is 4.90 Å². The van der Waals surface area contributed by atoms with Crippen LogP contribution >= 0.6 is 0 Å². The normalized spacial score (nSPS) is 31.6. The molecule has 1 saturated heterocycles. The zero-order valence-corrected chi connectivity index (χ0v) is 10.7. The molecule has 17 heavy (non-hydrogen) atoms. The highest BCUT2D eigenvalue weighted by molar-refractivity contribution is 7.93. The smallest absolute Gasteiger partial charge is 0.244 e. The van der Waals surface area contributed by atoms with Crippen LogP contribution in [0.25, 0.3) is 0 Å². The van der Waals surface area contributed by atoms with Gasteiger partial charge in [0.1, 0.15) is 6.10 Å². The molecular weight excluding hydrogens is 246 g/mol. The van der Waals surface area contributed by atoms with Crippen LogP contribution in [0.4, 0.5) is 0 Å². The van der Waals surface area contributed by atoms with Crippen LogP contribution in [0.5, 0.6) is 0 Å². The number of nitrogens with zero attached hydrogens (tertiary/aromatic N) is 1. The van der Waals surface area contributed by atoms with Crippen molar-refractivity contribution in [3.8, 4) is 0 Å². The van der Waals surface area contributed by atoms with E-state index in [1.807, 2.05) is 0 Å². The number of methoxy groups -OCH3 is 1. The lowest BCUT2D eigenvalue weighted by Gasteiger charge is -2.21. The summed E-state index contributed by atoms with van der Waals surface area (Å²) in [6.45, 7) is 0.405. The predicted octanol–water partition coefficient (Wildman–Crippen LogP) is -1.22. The largest absolute Gasteiger partial charge is 0.388 e. The molecule has 6 nitrogen and oxygen atoms in total. The quantitative estimate of drug-likeness (QED) is 0.690. The van der Waals surface area contributed by atoms with Gasteiger partial charge >= 0.3 is 0 Å². The van der Waals surface area contributed by atoms with Crippen molar-refractivity contribution in [1.29, 1.82) is 0 Å². The van der Waals surface area contributed by atoms with Crippen molar-refractivity contribution in [3.63, 3.8) is 0 Å². The molecule has 1 saturated carbocycles. The molecule has 7 heteroatoms. The third-order valence-corrected chi connectivity index (χ3v) is 5.63. The molecule has 2 rings (SSSR count). The van der Waals surface area contributed by atoms with Crippen LogP contribution in [0.3, 0.4) is 0 Å². The summed E-state index contributed by atoms with van der Waals surface area (Å²) < 4.78 is 27.0. The Hall–Kier alpha value is -0.660. The van der Waals surface area contributed by atoms with Crippen LogP contribution in [0.2, 0.25) is 0 Å². The molecule has 1 aliphatic heterocycles. The van der Waals surface area contributed by atoms with Gasteiger partial charge in [0.2, 0.25) is 5.91 Å². The Balaban J connectivity index is 2.13. The molecule has 2 aliphatic rings. The number of ether oxygens (including phenoxy) is 1. The second-order valence-electron chi connectivity index (χ2n) is 4.82. The van der Waals surface area contributed by atoms with Gasteiger partial charge in [0.05, 0.1) is 6.10 Å². The summed E-state index contributed by atoms with van der Waals surface area (Å²) in [4.78, 5) is 13.6. The predicted molar refractivity (Wildman–Crippen MR) is 60.2 cm³/mol. The number of rotatable bonds is 3. The molecule has 1 amide bonds. The molecule has 1 aliphatic carbocycles. The molecule has 2 atom stereocenters. The summed E-state index contributed by atoms with van der Waals surface area (Å²) in [6, 6.07) is 0. The Morgan fingerprint density at radius 1 is 1.41 bits per heavy atom. The molecule has 98 valence electrons. The molecule has 0 spiro atoms. The third kappa shape index (κ3) is 1.96. The number of likely N-dealkylation sites (tertiary alicyclic amines) is 1. The zero-order valence-electron chi connectivity index (χ0n) is 9.92. The zero-order chi connectivity index (χ0) is 12.8. The molecule has 0 aromatic carbocycles. The van der Waals surface area contributed by atoms with E-state index < -0.39 is 32.7 Å². The Kier molecular flexibility index (Phi) is 2.95. The lowest BCUT2D eigenvalue weighted by atomic mass is 10.3. The molecule has 1 heterocycles. The molecule has 0 aromatic heterocycles. The van der Waals surface area contributed by atoms with Gasteiger partial charge < -0.3 is 14.7 Å². The SMILES string of the molecule is CO[C@@H]1CN(C(=O)C2(S(C)(=O)=O)CC2)C[C@H]1O. The molecular formula is C10H17NO5S. The molecule has 2 fully saturated rings. The van der Waals surface area contributed by atoms with Gasteiger partial charge in [-0.15, -0.1) is 0 Å². The highest BCUT2D eigenvalue weighted by atomic mass is 32.2. The number of aliphatic hydroxyl groups is 1. The second kappa shape index (κ2) is 3.93. The van der Waals surface area contributed by atoms with E-state index in [1.54, 1.807) is 0 Å². The van der Waals surface area contributed by atoms with Gasteiger partial charge in [-0.1, -0.05) is 0 Å². The van der Waals surface area contributed by atoms with Gasteiger partial charge in [-0.25, -0.2) is 8.42 Å². The lowest BCUT2D eigenvalue weighted by molar-refractivity contribution is -0.131. The first-order chi connectivity index (χ1) is 7.82. The van der Waals surface area contributed by atoms with Gasteiger partial charge in [0.25, 0.3) is 0 Å². The van der Waals surface area contributed by atoms with E-state index in [1.165, 1.54) is 12.0 Å². The second-order valence-corrected chi connectivity index (χ2v) is 7.14. The maximum atomic E-state index is 12.2. The monoisotopic (exact) mass is 263 g/mol. The Morgan fingerprint density at radius 2 is 2.00 bits per heavy atom. The summed E-state index contributed by atoms with van der Waals surface area (Å²) in [5.74, 6) is -0.390. The van der Waals surface area contributed by atoms with Crippen molar-refractivity contribution < 1.29 is 23.1 Å².